The molecule has 3 aromatic heterocycles. The molecule has 9 aromatic carbocycles. The fraction of sp³-hybridized carbons (Fsp3) is 0. The molecule has 0 amide bonds. The molecular weight excluding hydrogens is 711 g/mol. The molecule has 0 fully saturated rings. The number of nitrogens with zero attached hydrogens (tertiary/aromatic N) is 1. The van der Waals surface area contributed by atoms with Crippen molar-refractivity contribution in [1.82, 2.24) is 4.57 Å². The van der Waals surface area contributed by atoms with E-state index in [1.54, 1.807) is 0 Å². The first-order valence-corrected chi connectivity index (χ1v) is 20.2. The van der Waals surface area contributed by atoms with Crippen LogP contribution < -0.4 is 0 Å². The number of furan rings is 1. The van der Waals surface area contributed by atoms with Crippen LogP contribution in [0.25, 0.3) is 114 Å². The third-order valence-corrected chi connectivity index (χ3v) is 12.7. The first-order valence-electron chi connectivity index (χ1n) is 19.4. The summed E-state index contributed by atoms with van der Waals surface area (Å²) in [5.41, 5.74) is 14.7. The van der Waals surface area contributed by atoms with Gasteiger partial charge in [0.1, 0.15) is 11.2 Å². The van der Waals surface area contributed by atoms with Gasteiger partial charge in [-0.15, -0.1) is 11.3 Å². The van der Waals surface area contributed by atoms with Crippen LogP contribution in [-0.4, -0.2) is 4.57 Å². The Balaban J connectivity index is 1.06. The van der Waals surface area contributed by atoms with Gasteiger partial charge in [-0.2, -0.15) is 0 Å². The topological polar surface area (TPSA) is 18.1 Å². The maximum absolute atomic E-state index is 6.63. The minimum Gasteiger partial charge on any atom is -0.456 e. The van der Waals surface area contributed by atoms with Crippen LogP contribution in [0.15, 0.2) is 205 Å². The van der Waals surface area contributed by atoms with Crippen LogP contribution in [0, 0.1) is 0 Å². The lowest BCUT2D eigenvalue weighted by Gasteiger charge is -2.13. The molecule has 0 saturated heterocycles. The molecule has 3 heterocycles. The average molecular weight is 744 g/mol. The van der Waals surface area contributed by atoms with E-state index in [9.17, 15) is 0 Å². The molecule has 0 bridgehead atoms. The zero-order valence-electron chi connectivity index (χ0n) is 30.8. The summed E-state index contributed by atoms with van der Waals surface area (Å²) in [7, 11) is 0. The van der Waals surface area contributed by atoms with Crippen LogP contribution in [0.2, 0.25) is 0 Å². The maximum Gasteiger partial charge on any atom is 0.136 e. The Morgan fingerprint density at radius 1 is 0.333 bits per heavy atom. The predicted octanol–water partition coefficient (Wildman–Crippen LogP) is 15.7. The Labute approximate surface area is 333 Å². The molecule has 12 aromatic rings. The molecule has 0 aliphatic carbocycles. The Hall–Kier alpha value is -7.20. The summed E-state index contributed by atoms with van der Waals surface area (Å²) < 4.78 is 11.6. The van der Waals surface area contributed by atoms with E-state index in [2.05, 4.69) is 205 Å². The number of fused-ring (bicyclic) bond motifs is 9. The Kier molecular flexibility index (Phi) is 7.13. The lowest BCUT2D eigenvalue weighted by Crippen LogP contribution is -1.93. The molecule has 12 rings (SSSR count). The lowest BCUT2D eigenvalue weighted by molar-refractivity contribution is 0.669. The quantitative estimate of drug-likeness (QED) is 0.172. The van der Waals surface area contributed by atoms with Crippen molar-refractivity contribution in [2.24, 2.45) is 0 Å². The summed E-state index contributed by atoms with van der Waals surface area (Å²) in [4.78, 5) is 0. The van der Waals surface area contributed by atoms with Gasteiger partial charge in [-0.05, 0) is 117 Å². The molecule has 0 spiro atoms. The molecule has 0 radical (unpaired) electrons. The molecule has 0 saturated carbocycles. The molecule has 0 unspecified atom stereocenters. The number of benzene rings is 9. The highest BCUT2D eigenvalue weighted by atomic mass is 32.1. The molecule has 266 valence electrons. The SMILES string of the molecule is c1ccc(-c2cc(-c3ccc4c(c3)sc3ccccc34)cc(-c3cccc4oc5ccc(-n6c7ccccc7c7cc(-c8ccccc8)ccc76)cc5c34)c2)cc1. The zero-order chi connectivity index (χ0) is 37.5. The van der Waals surface area contributed by atoms with E-state index in [0.29, 0.717) is 0 Å². The van der Waals surface area contributed by atoms with Gasteiger partial charge in [-0.1, -0.05) is 127 Å². The summed E-state index contributed by atoms with van der Waals surface area (Å²) in [6, 6.07) is 72.7. The average Bonchev–Trinajstić information content (AvgIpc) is 3.95. The first kappa shape index (κ1) is 32.1. The van der Waals surface area contributed by atoms with Crippen molar-refractivity contribution in [3.05, 3.63) is 200 Å². The summed E-state index contributed by atoms with van der Waals surface area (Å²) in [6.07, 6.45) is 0. The van der Waals surface area contributed by atoms with Crippen LogP contribution in [0.4, 0.5) is 0 Å². The van der Waals surface area contributed by atoms with Gasteiger partial charge < -0.3 is 8.98 Å². The van der Waals surface area contributed by atoms with E-state index < -0.39 is 0 Å². The van der Waals surface area contributed by atoms with E-state index in [1.165, 1.54) is 75.4 Å². The van der Waals surface area contributed by atoms with E-state index in [1.807, 2.05) is 11.3 Å². The standard InChI is InChI=1S/C54H33NOS/c1-3-12-34(13-4-1)36-23-26-49-46(31-36)43-16-7-9-19-48(43)55(49)41-24-27-50-47(33-41)54-42(18-11-20-51(54)56-50)40-29-38(35-14-5-2-6-15-35)28-39(30-40)37-22-25-45-44-17-8-10-21-52(44)57-53(45)32-37/h1-33H. The van der Waals surface area contributed by atoms with Crippen molar-refractivity contribution in [3.63, 3.8) is 0 Å². The van der Waals surface area contributed by atoms with E-state index >= 15 is 0 Å². The highest BCUT2D eigenvalue weighted by Gasteiger charge is 2.18. The minimum atomic E-state index is 0.878. The van der Waals surface area contributed by atoms with Crippen LogP contribution >= 0.6 is 11.3 Å². The lowest BCUT2D eigenvalue weighted by atomic mass is 9.91. The maximum atomic E-state index is 6.63. The molecule has 0 N–H and O–H groups in total. The van der Waals surface area contributed by atoms with Crippen molar-refractivity contribution in [2.75, 3.05) is 0 Å². The number of aromatic nitrogens is 1. The van der Waals surface area contributed by atoms with Crippen LogP contribution in [0.1, 0.15) is 0 Å². The fourth-order valence-electron chi connectivity index (χ4n) is 8.91. The number of thiophene rings is 1. The normalized spacial score (nSPS) is 11.9. The largest absolute Gasteiger partial charge is 0.456 e. The Bertz CT molecular complexity index is 3510. The minimum absolute atomic E-state index is 0.878. The summed E-state index contributed by atoms with van der Waals surface area (Å²) in [6.45, 7) is 0. The van der Waals surface area contributed by atoms with Crippen LogP contribution in [-0.2, 0) is 0 Å². The van der Waals surface area contributed by atoms with Gasteiger partial charge in [0.05, 0.1) is 11.0 Å². The van der Waals surface area contributed by atoms with E-state index in [0.717, 1.165) is 38.8 Å². The Morgan fingerprint density at radius 3 is 1.82 bits per heavy atom. The summed E-state index contributed by atoms with van der Waals surface area (Å²) in [5.74, 6) is 0. The summed E-state index contributed by atoms with van der Waals surface area (Å²) in [5, 5.41) is 7.33. The predicted molar refractivity (Wildman–Crippen MR) is 243 cm³/mol. The van der Waals surface area contributed by atoms with E-state index in [-0.39, 0.29) is 0 Å². The highest BCUT2D eigenvalue weighted by Crippen LogP contribution is 2.43. The monoisotopic (exact) mass is 743 g/mol. The van der Waals surface area contributed by atoms with Crippen molar-refractivity contribution in [3.8, 4) is 50.2 Å². The first-order chi connectivity index (χ1) is 28.2. The second-order valence-corrected chi connectivity index (χ2v) is 16.0. The third-order valence-electron chi connectivity index (χ3n) is 11.6. The van der Waals surface area contributed by atoms with Crippen molar-refractivity contribution >= 4 is 75.3 Å². The molecule has 0 atom stereocenters. The van der Waals surface area contributed by atoms with Gasteiger partial charge in [0, 0.05) is 47.4 Å². The highest BCUT2D eigenvalue weighted by molar-refractivity contribution is 7.25. The molecule has 57 heavy (non-hydrogen) atoms. The van der Waals surface area contributed by atoms with Crippen molar-refractivity contribution in [2.45, 2.75) is 0 Å². The van der Waals surface area contributed by atoms with Crippen molar-refractivity contribution < 1.29 is 4.42 Å². The molecule has 0 aliphatic rings. The second kappa shape index (κ2) is 12.7. The molecule has 2 nitrogen and oxygen atoms in total. The zero-order valence-corrected chi connectivity index (χ0v) is 31.6. The van der Waals surface area contributed by atoms with Gasteiger partial charge in [0.2, 0.25) is 0 Å². The Morgan fingerprint density at radius 2 is 0.982 bits per heavy atom. The molecular formula is C54H33NOS. The number of hydrogen-bond acceptors (Lipinski definition) is 2. The second-order valence-electron chi connectivity index (χ2n) is 14.9. The number of rotatable bonds is 5. The van der Waals surface area contributed by atoms with Gasteiger partial charge in [0.15, 0.2) is 0 Å². The molecule has 0 aliphatic heterocycles. The van der Waals surface area contributed by atoms with Gasteiger partial charge in [0.25, 0.3) is 0 Å². The van der Waals surface area contributed by atoms with Gasteiger partial charge in [-0.3, -0.25) is 0 Å². The number of hydrogen-bond donors (Lipinski definition) is 0. The van der Waals surface area contributed by atoms with Crippen LogP contribution in [0.3, 0.4) is 0 Å². The van der Waals surface area contributed by atoms with Gasteiger partial charge in [-0.25, -0.2) is 0 Å². The number of para-hydroxylation sites is 1. The van der Waals surface area contributed by atoms with Gasteiger partial charge >= 0.3 is 0 Å². The van der Waals surface area contributed by atoms with E-state index in [4.69, 9.17) is 4.42 Å². The third kappa shape index (κ3) is 5.17. The smallest absolute Gasteiger partial charge is 0.136 e. The summed E-state index contributed by atoms with van der Waals surface area (Å²) >= 11 is 1.86. The molecule has 3 heteroatoms. The fourth-order valence-corrected chi connectivity index (χ4v) is 10.1. The van der Waals surface area contributed by atoms with Crippen LogP contribution in [0.5, 0.6) is 0 Å². The van der Waals surface area contributed by atoms with Crippen molar-refractivity contribution in [1.29, 1.82) is 0 Å².